The van der Waals surface area contributed by atoms with E-state index in [0.717, 1.165) is 5.56 Å². The maximum atomic E-state index is 11.4. The Morgan fingerprint density at radius 1 is 1.35 bits per heavy atom. The van der Waals surface area contributed by atoms with E-state index in [2.05, 4.69) is 6.58 Å². The Kier molecular flexibility index (Phi) is 3.56. The number of carbonyl (C=O) groups excluding carboxylic acids is 1. The molecule has 2 fully saturated rings. The average molecular weight is 276 g/mol. The molecule has 0 radical (unpaired) electrons. The van der Waals surface area contributed by atoms with Gasteiger partial charge < -0.3 is 19.3 Å². The highest BCUT2D eigenvalue weighted by Crippen LogP contribution is 2.34. The summed E-state index contributed by atoms with van der Waals surface area (Å²) in [5.41, 5.74) is 1.34. The van der Waals surface area contributed by atoms with E-state index in [0.29, 0.717) is 12.2 Å². The number of benzene rings is 1. The van der Waals surface area contributed by atoms with Gasteiger partial charge in [0.05, 0.1) is 19.1 Å². The van der Waals surface area contributed by atoms with E-state index in [1.165, 1.54) is 0 Å². The van der Waals surface area contributed by atoms with Gasteiger partial charge in [0, 0.05) is 5.57 Å². The molecule has 106 valence electrons. The van der Waals surface area contributed by atoms with Gasteiger partial charge in [-0.3, -0.25) is 0 Å². The monoisotopic (exact) mass is 276 g/mol. The molecule has 0 spiro atoms. The van der Waals surface area contributed by atoms with E-state index >= 15 is 0 Å². The molecule has 20 heavy (non-hydrogen) atoms. The first-order chi connectivity index (χ1) is 9.66. The van der Waals surface area contributed by atoms with E-state index in [-0.39, 0.29) is 12.5 Å². The summed E-state index contributed by atoms with van der Waals surface area (Å²) >= 11 is 0. The first-order valence-corrected chi connectivity index (χ1v) is 6.52. The van der Waals surface area contributed by atoms with Crippen molar-refractivity contribution in [1.82, 2.24) is 0 Å². The predicted octanol–water partition coefficient (Wildman–Crippen LogP) is 1.02. The number of aliphatic hydroxyl groups is 1. The van der Waals surface area contributed by atoms with Crippen molar-refractivity contribution in [1.29, 1.82) is 0 Å². The molecule has 5 heteroatoms. The molecule has 5 nitrogen and oxygen atoms in total. The van der Waals surface area contributed by atoms with Crippen LogP contribution in [0.4, 0.5) is 0 Å². The topological polar surface area (TPSA) is 65.0 Å². The van der Waals surface area contributed by atoms with Crippen molar-refractivity contribution in [2.24, 2.45) is 5.92 Å². The van der Waals surface area contributed by atoms with E-state index in [4.69, 9.17) is 14.2 Å². The van der Waals surface area contributed by atoms with Crippen LogP contribution in [0.3, 0.4) is 0 Å². The summed E-state index contributed by atoms with van der Waals surface area (Å²) in [6.07, 6.45) is -2.42. The number of esters is 1. The Labute approximate surface area is 116 Å². The number of aliphatic hydroxyl groups excluding tert-OH is 1. The molecule has 0 unspecified atom stereocenters. The Bertz CT molecular complexity index is 512. The average Bonchev–Trinajstić information content (AvgIpc) is 2.76. The fourth-order valence-corrected chi connectivity index (χ4v) is 2.49. The van der Waals surface area contributed by atoms with Crippen LogP contribution in [0.1, 0.15) is 5.56 Å². The summed E-state index contributed by atoms with van der Waals surface area (Å²) in [6, 6.07) is 9.60. The molecule has 0 bridgehead atoms. The second-order valence-corrected chi connectivity index (χ2v) is 4.99. The molecule has 0 amide bonds. The van der Waals surface area contributed by atoms with Crippen LogP contribution < -0.4 is 0 Å². The van der Waals surface area contributed by atoms with E-state index in [1.807, 2.05) is 30.3 Å². The molecular formula is C15H16O5. The minimum Gasteiger partial charge on any atom is -0.455 e. The number of rotatable bonds is 3. The van der Waals surface area contributed by atoms with Crippen molar-refractivity contribution < 1.29 is 24.1 Å². The van der Waals surface area contributed by atoms with Gasteiger partial charge >= 0.3 is 5.97 Å². The third-order valence-corrected chi connectivity index (χ3v) is 3.66. The van der Waals surface area contributed by atoms with Crippen molar-refractivity contribution in [2.75, 3.05) is 6.61 Å². The van der Waals surface area contributed by atoms with Gasteiger partial charge in [0.2, 0.25) is 0 Å². The van der Waals surface area contributed by atoms with Crippen LogP contribution in [0.5, 0.6) is 0 Å². The lowest BCUT2D eigenvalue weighted by Crippen LogP contribution is -2.49. The molecule has 2 aliphatic rings. The smallest absolute Gasteiger partial charge is 0.334 e. The van der Waals surface area contributed by atoms with E-state index < -0.39 is 24.5 Å². The number of fused-ring (bicyclic) bond motifs is 1. The van der Waals surface area contributed by atoms with Crippen LogP contribution in [0.15, 0.2) is 42.5 Å². The van der Waals surface area contributed by atoms with Gasteiger partial charge in [-0.05, 0) is 5.56 Å². The second kappa shape index (κ2) is 5.36. The fraction of sp³-hybridized carbons (Fsp3) is 0.400. The highest BCUT2D eigenvalue weighted by Gasteiger charge is 2.49. The van der Waals surface area contributed by atoms with Crippen LogP contribution in [0.25, 0.3) is 0 Å². The Hall–Kier alpha value is -1.69. The number of carbonyl (C=O) groups is 1. The van der Waals surface area contributed by atoms with Crippen LogP contribution in [0.2, 0.25) is 0 Å². The Morgan fingerprint density at radius 2 is 2.10 bits per heavy atom. The molecule has 2 saturated heterocycles. The molecule has 1 aromatic rings. The van der Waals surface area contributed by atoms with Crippen molar-refractivity contribution in [3.63, 3.8) is 0 Å². The van der Waals surface area contributed by atoms with Gasteiger partial charge in [-0.1, -0.05) is 36.9 Å². The summed E-state index contributed by atoms with van der Waals surface area (Å²) in [5.74, 6) is -0.750. The fourth-order valence-electron chi connectivity index (χ4n) is 2.49. The van der Waals surface area contributed by atoms with E-state index in [1.54, 1.807) is 0 Å². The van der Waals surface area contributed by atoms with E-state index in [9.17, 15) is 9.90 Å². The van der Waals surface area contributed by atoms with Crippen LogP contribution in [-0.2, 0) is 25.6 Å². The molecule has 0 saturated carbocycles. The summed E-state index contributed by atoms with van der Waals surface area (Å²) < 4.78 is 16.2. The molecule has 2 heterocycles. The third kappa shape index (κ3) is 2.35. The molecule has 0 aliphatic carbocycles. The largest absolute Gasteiger partial charge is 0.455 e. The third-order valence-electron chi connectivity index (χ3n) is 3.66. The maximum absolute atomic E-state index is 11.4. The zero-order chi connectivity index (χ0) is 14.1. The lowest BCUT2D eigenvalue weighted by molar-refractivity contribution is -0.254. The first kappa shape index (κ1) is 13.3. The highest BCUT2D eigenvalue weighted by molar-refractivity contribution is 5.91. The quantitative estimate of drug-likeness (QED) is 0.659. The number of hydrogen-bond acceptors (Lipinski definition) is 5. The summed E-state index contributed by atoms with van der Waals surface area (Å²) in [4.78, 5) is 11.4. The molecule has 3 rings (SSSR count). The summed E-state index contributed by atoms with van der Waals surface area (Å²) in [6.45, 7) is 4.26. The molecule has 1 N–H and O–H groups in total. The number of ether oxygens (including phenoxy) is 3. The standard InChI is InChI=1S/C15H16O5/c1-9-11-8-19-15(12(16)13(11)20-14(9)17)18-7-10-5-3-2-4-6-10/h2-6,11-13,15-16H,1,7-8H2/t11-,12-,13+,15+/m1/s1. The van der Waals surface area contributed by atoms with Gasteiger partial charge in [-0.15, -0.1) is 0 Å². The molecule has 4 atom stereocenters. The number of hydrogen-bond donors (Lipinski definition) is 1. The SMILES string of the molecule is C=C1C(=O)O[C@@H]2[C@@H](O)[C@@H](OCc3ccccc3)OC[C@H]12. The van der Waals surface area contributed by atoms with Gasteiger partial charge in [-0.25, -0.2) is 4.79 Å². The zero-order valence-corrected chi connectivity index (χ0v) is 10.9. The minimum absolute atomic E-state index is 0.270. The Balaban J connectivity index is 1.62. The van der Waals surface area contributed by atoms with Crippen molar-refractivity contribution in [2.45, 2.75) is 25.1 Å². The van der Waals surface area contributed by atoms with Gasteiger partial charge in [-0.2, -0.15) is 0 Å². The van der Waals surface area contributed by atoms with Gasteiger partial charge in [0.1, 0.15) is 12.2 Å². The van der Waals surface area contributed by atoms with Crippen molar-refractivity contribution >= 4 is 5.97 Å². The van der Waals surface area contributed by atoms with Crippen molar-refractivity contribution in [3.05, 3.63) is 48.0 Å². The highest BCUT2D eigenvalue weighted by atomic mass is 16.7. The van der Waals surface area contributed by atoms with Gasteiger partial charge in [0.15, 0.2) is 6.29 Å². The lowest BCUT2D eigenvalue weighted by Gasteiger charge is -2.34. The first-order valence-electron chi connectivity index (χ1n) is 6.52. The molecular weight excluding hydrogens is 260 g/mol. The van der Waals surface area contributed by atoms with Gasteiger partial charge in [0.25, 0.3) is 0 Å². The maximum Gasteiger partial charge on any atom is 0.334 e. The summed E-state index contributed by atoms with van der Waals surface area (Å²) in [5, 5.41) is 10.2. The van der Waals surface area contributed by atoms with Crippen LogP contribution in [-0.4, -0.2) is 36.2 Å². The molecule has 2 aliphatic heterocycles. The molecule has 1 aromatic carbocycles. The van der Waals surface area contributed by atoms with Crippen LogP contribution in [0, 0.1) is 5.92 Å². The zero-order valence-electron chi connectivity index (χ0n) is 10.9. The van der Waals surface area contributed by atoms with Crippen LogP contribution >= 0.6 is 0 Å². The van der Waals surface area contributed by atoms with Crippen molar-refractivity contribution in [3.8, 4) is 0 Å². The Morgan fingerprint density at radius 3 is 2.85 bits per heavy atom. The second-order valence-electron chi connectivity index (χ2n) is 4.99. The predicted molar refractivity (Wildman–Crippen MR) is 69.5 cm³/mol. The normalized spacial score (nSPS) is 32.9. The molecule has 0 aromatic heterocycles. The minimum atomic E-state index is -0.999. The summed E-state index contributed by atoms with van der Waals surface area (Å²) in [7, 11) is 0. The lowest BCUT2D eigenvalue weighted by atomic mass is 9.92.